The Balaban J connectivity index is 2.95. The third kappa shape index (κ3) is 5.23. The number of anilines is 1. The Morgan fingerprint density at radius 3 is 2.36 bits per heavy atom. The molecule has 1 aromatic carbocycles. The van der Waals surface area contributed by atoms with Crippen LogP contribution in [0.25, 0.3) is 0 Å². The van der Waals surface area contributed by atoms with Crippen LogP contribution in [-0.2, 0) is 4.79 Å². The van der Waals surface area contributed by atoms with Crippen LogP contribution in [0, 0.1) is 6.92 Å². The molecule has 0 fully saturated rings. The second-order valence-electron chi connectivity index (χ2n) is 5.05. The number of hydrogen-bond acceptors (Lipinski definition) is 4. The first kappa shape index (κ1) is 18.9. The summed E-state index contributed by atoms with van der Waals surface area (Å²) < 4.78 is 5.53. The van der Waals surface area contributed by atoms with Crippen LogP contribution in [-0.4, -0.2) is 48.1 Å². The van der Waals surface area contributed by atoms with Gasteiger partial charge in [0.25, 0.3) is 0 Å². The Morgan fingerprint density at radius 2 is 1.95 bits per heavy atom. The number of alkyl halides is 2. The lowest BCUT2D eigenvalue weighted by atomic mass is 10.1. The zero-order chi connectivity index (χ0) is 16.7. The highest BCUT2D eigenvalue weighted by Gasteiger charge is 2.24. The van der Waals surface area contributed by atoms with E-state index >= 15 is 0 Å². The van der Waals surface area contributed by atoms with Gasteiger partial charge in [-0.1, -0.05) is 0 Å². The number of halogens is 2. The molecule has 0 radical (unpaired) electrons. The van der Waals surface area contributed by atoms with Crippen LogP contribution in [0.1, 0.15) is 12.5 Å². The van der Waals surface area contributed by atoms with E-state index in [0.717, 1.165) is 11.3 Å². The van der Waals surface area contributed by atoms with Gasteiger partial charge in [-0.3, -0.25) is 0 Å². The molecule has 22 heavy (non-hydrogen) atoms. The number of carboxylic acids is 1. The fourth-order valence-corrected chi connectivity index (χ4v) is 2.46. The molecule has 0 saturated carbocycles. The molecule has 0 aliphatic rings. The second kappa shape index (κ2) is 9.08. The minimum absolute atomic E-state index is 0.500. The van der Waals surface area contributed by atoms with Crippen molar-refractivity contribution in [2.75, 3.05) is 29.7 Å². The van der Waals surface area contributed by atoms with Gasteiger partial charge < -0.3 is 20.5 Å². The van der Waals surface area contributed by atoms with Crippen LogP contribution >= 0.6 is 23.2 Å². The molecular formula is C15H22Cl2N2O3. The first-order valence-electron chi connectivity index (χ1n) is 7.03. The molecule has 3 N–H and O–H groups in total. The van der Waals surface area contributed by atoms with E-state index in [1.54, 1.807) is 13.0 Å². The van der Waals surface area contributed by atoms with E-state index in [2.05, 4.69) is 4.90 Å². The predicted octanol–water partition coefficient (Wildman–Crippen LogP) is 2.46. The van der Waals surface area contributed by atoms with Crippen molar-refractivity contribution < 1.29 is 14.6 Å². The standard InChI is InChI=1S/C15H22Cl2N2O3/c1-10-9-12(19(7-5-16)8-6-17)3-4-13(10)22-14(11(2)18)15(20)21/h3-4,9,11,14H,5-8,18H2,1-2H3,(H,20,21)/t11-,14?/m1/s1. The topological polar surface area (TPSA) is 75.8 Å². The van der Waals surface area contributed by atoms with Crippen LogP contribution < -0.4 is 15.4 Å². The van der Waals surface area contributed by atoms with Crippen LogP contribution in [0.5, 0.6) is 5.75 Å². The number of nitrogens with two attached hydrogens (primary N) is 1. The average Bonchev–Trinajstić information content (AvgIpc) is 2.44. The first-order chi connectivity index (χ1) is 10.4. The average molecular weight is 349 g/mol. The summed E-state index contributed by atoms with van der Waals surface area (Å²) in [5.41, 5.74) is 7.45. The van der Waals surface area contributed by atoms with Crippen molar-refractivity contribution in [2.45, 2.75) is 26.0 Å². The minimum Gasteiger partial charge on any atom is -0.478 e. The van der Waals surface area contributed by atoms with E-state index in [-0.39, 0.29) is 0 Å². The fraction of sp³-hybridized carbons (Fsp3) is 0.533. The third-order valence-corrected chi connectivity index (χ3v) is 3.55. The van der Waals surface area contributed by atoms with Crippen LogP contribution in [0.3, 0.4) is 0 Å². The summed E-state index contributed by atoms with van der Waals surface area (Å²) in [7, 11) is 0. The Hall–Kier alpha value is -1.17. The highest BCUT2D eigenvalue weighted by molar-refractivity contribution is 6.18. The van der Waals surface area contributed by atoms with Gasteiger partial charge in [0.05, 0.1) is 0 Å². The zero-order valence-corrected chi connectivity index (χ0v) is 14.3. The summed E-state index contributed by atoms with van der Waals surface area (Å²) in [6, 6.07) is 4.93. The second-order valence-corrected chi connectivity index (χ2v) is 5.81. The minimum atomic E-state index is -1.08. The summed E-state index contributed by atoms with van der Waals surface area (Å²) in [6.45, 7) is 4.83. The lowest BCUT2D eigenvalue weighted by Gasteiger charge is -2.25. The summed E-state index contributed by atoms with van der Waals surface area (Å²) in [4.78, 5) is 13.2. The van der Waals surface area contributed by atoms with E-state index in [1.807, 2.05) is 19.1 Å². The van der Waals surface area contributed by atoms with Crippen LogP contribution in [0.4, 0.5) is 5.69 Å². The molecule has 1 aromatic rings. The van der Waals surface area contributed by atoms with E-state index in [9.17, 15) is 4.79 Å². The number of hydrogen-bond donors (Lipinski definition) is 2. The van der Waals surface area contributed by atoms with Crippen molar-refractivity contribution in [3.05, 3.63) is 23.8 Å². The number of aryl methyl sites for hydroxylation is 1. The molecule has 2 atom stereocenters. The monoisotopic (exact) mass is 348 g/mol. The van der Waals surface area contributed by atoms with Gasteiger partial charge in [0.1, 0.15) is 5.75 Å². The lowest BCUT2D eigenvalue weighted by Crippen LogP contribution is -2.42. The van der Waals surface area contributed by atoms with Crippen molar-refractivity contribution in [3.63, 3.8) is 0 Å². The fourth-order valence-electron chi connectivity index (χ4n) is 2.06. The van der Waals surface area contributed by atoms with E-state index < -0.39 is 18.1 Å². The molecular weight excluding hydrogens is 327 g/mol. The van der Waals surface area contributed by atoms with Gasteiger partial charge in [-0.25, -0.2) is 4.79 Å². The molecule has 0 aromatic heterocycles. The normalized spacial score (nSPS) is 13.5. The summed E-state index contributed by atoms with van der Waals surface area (Å²) >= 11 is 11.6. The Bertz CT molecular complexity index is 492. The zero-order valence-electron chi connectivity index (χ0n) is 12.8. The molecule has 0 saturated heterocycles. The quantitative estimate of drug-likeness (QED) is 0.670. The maximum atomic E-state index is 11.2. The summed E-state index contributed by atoms with van der Waals surface area (Å²) in [5, 5.41) is 9.14. The Labute approximate surface area is 140 Å². The SMILES string of the molecule is Cc1cc(N(CCCl)CCCl)ccc1OC(C(=O)O)[C@@H](C)N. The van der Waals surface area contributed by atoms with Crippen LogP contribution in [0.2, 0.25) is 0 Å². The smallest absolute Gasteiger partial charge is 0.346 e. The molecule has 124 valence electrons. The Morgan fingerprint density at radius 1 is 1.36 bits per heavy atom. The van der Waals surface area contributed by atoms with Gasteiger partial charge in [-0.2, -0.15) is 0 Å². The van der Waals surface area contributed by atoms with Gasteiger partial charge in [0.2, 0.25) is 6.10 Å². The molecule has 0 amide bonds. The predicted molar refractivity (Wildman–Crippen MR) is 90.5 cm³/mol. The molecule has 5 nitrogen and oxygen atoms in total. The van der Waals surface area contributed by atoms with E-state index in [4.69, 9.17) is 38.8 Å². The molecule has 0 aliphatic heterocycles. The summed E-state index contributed by atoms with van der Waals surface area (Å²) in [6.07, 6.45) is -1.08. The maximum Gasteiger partial charge on any atom is 0.346 e. The number of nitrogens with zero attached hydrogens (tertiary/aromatic N) is 1. The number of benzene rings is 1. The van der Waals surface area contributed by atoms with Crippen LogP contribution in [0.15, 0.2) is 18.2 Å². The largest absolute Gasteiger partial charge is 0.478 e. The summed E-state index contributed by atoms with van der Waals surface area (Å²) in [5.74, 6) is 0.425. The molecule has 0 heterocycles. The number of carbonyl (C=O) groups is 1. The molecule has 7 heteroatoms. The van der Waals surface area contributed by atoms with Gasteiger partial charge >= 0.3 is 5.97 Å². The molecule has 1 rings (SSSR count). The van der Waals surface area contributed by atoms with Gasteiger partial charge in [0, 0.05) is 36.6 Å². The van der Waals surface area contributed by atoms with Crippen molar-refractivity contribution in [2.24, 2.45) is 5.73 Å². The van der Waals surface area contributed by atoms with Crippen molar-refractivity contribution in [3.8, 4) is 5.75 Å². The maximum absolute atomic E-state index is 11.2. The van der Waals surface area contributed by atoms with E-state index in [1.165, 1.54) is 0 Å². The lowest BCUT2D eigenvalue weighted by molar-refractivity contribution is -0.145. The van der Waals surface area contributed by atoms with Gasteiger partial charge in [0.15, 0.2) is 0 Å². The van der Waals surface area contributed by atoms with Crippen molar-refractivity contribution >= 4 is 34.9 Å². The Kier molecular flexibility index (Phi) is 7.79. The highest BCUT2D eigenvalue weighted by atomic mass is 35.5. The van der Waals surface area contributed by atoms with Gasteiger partial charge in [-0.05, 0) is 37.6 Å². The number of carboxylic acid groups (broad SMARTS) is 1. The molecule has 0 aliphatic carbocycles. The highest BCUT2D eigenvalue weighted by Crippen LogP contribution is 2.26. The van der Waals surface area contributed by atoms with Crippen molar-refractivity contribution in [1.29, 1.82) is 0 Å². The molecule has 0 bridgehead atoms. The van der Waals surface area contributed by atoms with Crippen molar-refractivity contribution in [1.82, 2.24) is 0 Å². The molecule has 0 spiro atoms. The number of aliphatic carboxylic acids is 1. The van der Waals surface area contributed by atoms with Gasteiger partial charge in [-0.15, -0.1) is 23.2 Å². The number of rotatable bonds is 9. The first-order valence-corrected chi connectivity index (χ1v) is 8.10. The number of ether oxygens (including phenoxy) is 1. The van der Waals surface area contributed by atoms with E-state index in [0.29, 0.717) is 30.6 Å². The third-order valence-electron chi connectivity index (χ3n) is 3.21. The molecule has 1 unspecified atom stereocenters.